The molecule has 10 heteroatoms. The Balaban J connectivity index is 2.00. The fourth-order valence-corrected chi connectivity index (χ4v) is 6.20. The number of halogens is 1. The van der Waals surface area contributed by atoms with E-state index in [2.05, 4.69) is 9.71 Å². The third-order valence-corrected chi connectivity index (χ3v) is 7.77. The van der Waals surface area contributed by atoms with E-state index in [4.69, 9.17) is 16.3 Å². The molecular weight excluding hydrogens is 494 g/mol. The normalized spacial score (nSPS) is 11.4. The van der Waals surface area contributed by atoms with Crippen molar-refractivity contribution in [3.63, 3.8) is 0 Å². The molecule has 0 saturated heterocycles. The Bertz CT molecular complexity index is 1510. The minimum Gasteiger partial charge on any atom is -0.497 e. The summed E-state index contributed by atoms with van der Waals surface area (Å²) >= 11 is 7.24. The van der Waals surface area contributed by atoms with Crippen LogP contribution in [0.1, 0.15) is 15.4 Å². The Labute approximate surface area is 207 Å². The maximum Gasteiger partial charge on any atom is 0.264 e. The van der Waals surface area contributed by atoms with Crippen molar-refractivity contribution in [1.29, 1.82) is 0 Å². The number of benzene rings is 2. The molecule has 0 atom stereocenters. The summed E-state index contributed by atoms with van der Waals surface area (Å²) < 4.78 is 34.5. The average Bonchev–Trinajstić information content (AvgIpc) is 3.17. The van der Waals surface area contributed by atoms with E-state index in [0.29, 0.717) is 48.4 Å². The van der Waals surface area contributed by atoms with Crippen molar-refractivity contribution in [3.8, 4) is 16.9 Å². The second-order valence-corrected chi connectivity index (χ2v) is 10.9. The van der Waals surface area contributed by atoms with E-state index in [0.717, 1.165) is 0 Å². The zero-order valence-electron chi connectivity index (χ0n) is 18.9. The number of anilines is 1. The van der Waals surface area contributed by atoms with Crippen LogP contribution in [-0.2, 0) is 10.0 Å². The lowest BCUT2D eigenvalue weighted by molar-refractivity contribution is 0.0833. The van der Waals surface area contributed by atoms with E-state index in [1.807, 2.05) is 18.2 Å². The number of thiophene rings is 1. The van der Waals surface area contributed by atoms with Gasteiger partial charge in [0.05, 0.1) is 17.7 Å². The lowest BCUT2D eigenvalue weighted by Gasteiger charge is -2.14. The molecule has 2 aromatic carbocycles. The van der Waals surface area contributed by atoms with E-state index >= 15 is 0 Å². The largest absolute Gasteiger partial charge is 0.497 e. The molecular formula is C24H22ClN3O4S2. The summed E-state index contributed by atoms with van der Waals surface area (Å²) in [7, 11) is 0.941. The zero-order valence-corrected chi connectivity index (χ0v) is 21.3. The zero-order chi connectivity index (χ0) is 24.6. The molecule has 34 heavy (non-hydrogen) atoms. The highest BCUT2D eigenvalue weighted by Crippen LogP contribution is 2.43. The van der Waals surface area contributed by atoms with Crippen molar-refractivity contribution >= 4 is 54.8 Å². The smallest absolute Gasteiger partial charge is 0.264 e. The lowest BCUT2D eigenvalue weighted by Crippen LogP contribution is -2.21. The van der Waals surface area contributed by atoms with Gasteiger partial charge in [0.25, 0.3) is 15.9 Å². The van der Waals surface area contributed by atoms with Crippen molar-refractivity contribution in [2.45, 2.75) is 11.8 Å². The van der Waals surface area contributed by atoms with Crippen molar-refractivity contribution in [3.05, 3.63) is 70.2 Å². The monoisotopic (exact) mass is 515 g/mol. The molecule has 176 valence electrons. The summed E-state index contributed by atoms with van der Waals surface area (Å²) in [5, 5.41) is 0.852. The summed E-state index contributed by atoms with van der Waals surface area (Å²) in [4.78, 5) is 20.2. The van der Waals surface area contributed by atoms with Gasteiger partial charge in [0.15, 0.2) is 0 Å². The van der Waals surface area contributed by atoms with Gasteiger partial charge in [-0.15, -0.1) is 11.3 Å². The predicted molar refractivity (Wildman–Crippen MR) is 137 cm³/mol. The number of rotatable bonds is 6. The maximum absolute atomic E-state index is 13.2. The number of nitrogens with one attached hydrogen (secondary N) is 1. The lowest BCUT2D eigenvalue weighted by atomic mass is 10.0. The van der Waals surface area contributed by atoms with Gasteiger partial charge in [0, 0.05) is 35.8 Å². The Morgan fingerprint density at radius 1 is 1.12 bits per heavy atom. The first-order chi connectivity index (χ1) is 16.1. The van der Waals surface area contributed by atoms with E-state index < -0.39 is 10.0 Å². The van der Waals surface area contributed by atoms with Gasteiger partial charge in [-0.05, 0) is 48.9 Å². The van der Waals surface area contributed by atoms with Crippen LogP contribution in [0.25, 0.3) is 21.3 Å². The number of carbonyl (C=O) groups excluding carboxylic acids is 1. The SMILES string of the molecule is COc1cccc(-c2c(C(=O)N(C)C)sc3nc(C)cc(NS(=O)(=O)c4cccc(Cl)c4)c23)c1. The molecule has 1 N–H and O–H groups in total. The molecule has 0 bridgehead atoms. The summed E-state index contributed by atoms with van der Waals surface area (Å²) in [5.41, 5.74) is 2.24. The Hall–Kier alpha value is -3.14. The summed E-state index contributed by atoms with van der Waals surface area (Å²) in [6.45, 7) is 1.77. The number of carbonyl (C=O) groups is 1. The number of ether oxygens (including phenoxy) is 1. The molecule has 0 unspecified atom stereocenters. The number of amides is 1. The van der Waals surface area contributed by atoms with Crippen LogP contribution >= 0.6 is 22.9 Å². The van der Waals surface area contributed by atoms with Gasteiger partial charge < -0.3 is 9.64 Å². The Kier molecular flexibility index (Phi) is 6.53. The number of fused-ring (bicyclic) bond motifs is 1. The number of hydrogen-bond donors (Lipinski definition) is 1. The number of methoxy groups -OCH3 is 1. The van der Waals surface area contributed by atoms with Crippen LogP contribution < -0.4 is 9.46 Å². The number of aromatic nitrogens is 1. The molecule has 0 aliphatic carbocycles. The Morgan fingerprint density at radius 2 is 1.85 bits per heavy atom. The van der Waals surface area contributed by atoms with Gasteiger partial charge in [-0.25, -0.2) is 13.4 Å². The van der Waals surface area contributed by atoms with Gasteiger partial charge in [-0.2, -0.15) is 0 Å². The second kappa shape index (κ2) is 9.25. The van der Waals surface area contributed by atoms with E-state index in [1.165, 1.54) is 28.4 Å². The van der Waals surface area contributed by atoms with Crippen LogP contribution in [-0.4, -0.2) is 45.4 Å². The number of pyridine rings is 1. The van der Waals surface area contributed by atoms with Crippen LogP contribution in [0.3, 0.4) is 0 Å². The molecule has 0 spiro atoms. The van der Waals surface area contributed by atoms with E-state index in [1.54, 1.807) is 52.4 Å². The van der Waals surface area contributed by atoms with Gasteiger partial charge in [0.1, 0.15) is 15.5 Å². The number of nitrogens with zero attached hydrogens (tertiary/aromatic N) is 2. The van der Waals surface area contributed by atoms with Crippen molar-refractivity contribution < 1.29 is 17.9 Å². The number of hydrogen-bond acceptors (Lipinski definition) is 6. The fourth-order valence-electron chi connectivity index (χ4n) is 3.55. The first-order valence-corrected chi connectivity index (χ1v) is 12.9. The second-order valence-electron chi connectivity index (χ2n) is 7.79. The molecule has 1 amide bonds. The minimum absolute atomic E-state index is 0.0327. The fraction of sp³-hybridized carbons (Fsp3) is 0.167. The third kappa shape index (κ3) is 4.59. The summed E-state index contributed by atoms with van der Waals surface area (Å²) in [6.07, 6.45) is 0. The molecule has 2 aromatic heterocycles. The third-order valence-electron chi connectivity index (χ3n) is 5.10. The van der Waals surface area contributed by atoms with Gasteiger partial charge >= 0.3 is 0 Å². The Morgan fingerprint density at radius 3 is 2.53 bits per heavy atom. The topological polar surface area (TPSA) is 88.6 Å². The molecule has 4 aromatic rings. The van der Waals surface area contributed by atoms with Crippen LogP contribution in [0.2, 0.25) is 5.02 Å². The van der Waals surface area contributed by atoms with Crippen molar-refractivity contribution in [1.82, 2.24) is 9.88 Å². The predicted octanol–water partition coefficient (Wildman–Crippen LogP) is 5.44. The quantitative estimate of drug-likeness (QED) is 0.369. The number of sulfonamides is 1. The summed E-state index contributed by atoms with van der Waals surface area (Å²) in [6, 6.07) is 15.0. The molecule has 0 aliphatic heterocycles. The summed E-state index contributed by atoms with van der Waals surface area (Å²) in [5.74, 6) is 0.406. The van der Waals surface area contributed by atoms with Crippen LogP contribution in [0.15, 0.2) is 59.5 Å². The number of aryl methyl sites for hydroxylation is 1. The van der Waals surface area contributed by atoms with Gasteiger partial charge in [0.2, 0.25) is 0 Å². The van der Waals surface area contributed by atoms with Crippen LogP contribution in [0.4, 0.5) is 5.69 Å². The van der Waals surface area contributed by atoms with Crippen molar-refractivity contribution in [2.24, 2.45) is 0 Å². The molecule has 7 nitrogen and oxygen atoms in total. The van der Waals surface area contributed by atoms with Crippen LogP contribution in [0.5, 0.6) is 5.75 Å². The van der Waals surface area contributed by atoms with Gasteiger partial charge in [-0.1, -0.05) is 29.8 Å². The van der Waals surface area contributed by atoms with E-state index in [9.17, 15) is 13.2 Å². The first-order valence-electron chi connectivity index (χ1n) is 10.2. The maximum atomic E-state index is 13.2. The minimum atomic E-state index is -3.96. The highest BCUT2D eigenvalue weighted by Gasteiger charge is 2.26. The standard InChI is InChI=1S/C24H22ClN3O4S2/c1-14-11-19(27-34(30,31)18-10-6-8-16(25)13-18)21-20(15-7-5-9-17(12-15)32-4)22(24(29)28(2)3)33-23(21)26-14/h5-13H,1-4H3,(H,26,27). The molecule has 0 fully saturated rings. The van der Waals surface area contributed by atoms with Gasteiger partial charge in [-0.3, -0.25) is 9.52 Å². The molecule has 0 radical (unpaired) electrons. The van der Waals surface area contributed by atoms with Crippen LogP contribution in [0, 0.1) is 6.92 Å². The molecule has 0 aliphatic rings. The van der Waals surface area contributed by atoms with Crippen molar-refractivity contribution in [2.75, 3.05) is 25.9 Å². The highest BCUT2D eigenvalue weighted by atomic mass is 35.5. The average molecular weight is 516 g/mol. The first kappa shape index (κ1) is 24.0. The molecule has 2 heterocycles. The molecule has 4 rings (SSSR count). The molecule has 0 saturated carbocycles. The highest BCUT2D eigenvalue weighted by molar-refractivity contribution is 7.92. The van der Waals surface area contributed by atoms with E-state index in [-0.39, 0.29) is 10.8 Å².